The van der Waals surface area contributed by atoms with Gasteiger partial charge >= 0.3 is 12.6 Å². The summed E-state index contributed by atoms with van der Waals surface area (Å²) in [6, 6.07) is 9.13. The zero-order valence-electron chi connectivity index (χ0n) is 11.9. The Kier molecular flexibility index (Phi) is 3.88. The first-order chi connectivity index (χ1) is 11.1. The molecule has 1 aromatic carbocycles. The SMILES string of the molecule is COC(=O)c1cc(-c2ccc(OC(F)F)cc2)nc2ccnn12. The van der Waals surface area contributed by atoms with Crippen LogP contribution in [0.4, 0.5) is 8.78 Å². The molecule has 3 rings (SSSR count). The Hall–Kier alpha value is -3.03. The second kappa shape index (κ2) is 5.99. The molecule has 0 aliphatic heterocycles. The number of carbonyl (C=O) groups is 1. The summed E-state index contributed by atoms with van der Waals surface area (Å²) in [5, 5.41) is 4.02. The minimum absolute atomic E-state index is 0.0439. The number of benzene rings is 1. The van der Waals surface area contributed by atoms with Gasteiger partial charge in [0.05, 0.1) is 19.0 Å². The maximum atomic E-state index is 12.2. The molecule has 0 amide bonds. The summed E-state index contributed by atoms with van der Waals surface area (Å²) in [5.74, 6) is -0.512. The van der Waals surface area contributed by atoms with E-state index in [-0.39, 0.29) is 11.4 Å². The van der Waals surface area contributed by atoms with Gasteiger partial charge in [-0.15, -0.1) is 0 Å². The van der Waals surface area contributed by atoms with E-state index in [0.717, 1.165) is 0 Å². The summed E-state index contributed by atoms with van der Waals surface area (Å²) in [4.78, 5) is 16.2. The molecule has 23 heavy (non-hydrogen) atoms. The molecule has 0 bridgehead atoms. The number of halogens is 2. The number of hydrogen-bond donors (Lipinski definition) is 0. The van der Waals surface area contributed by atoms with E-state index in [0.29, 0.717) is 16.9 Å². The third kappa shape index (κ3) is 2.96. The maximum Gasteiger partial charge on any atom is 0.387 e. The first kappa shape index (κ1) is 14.9. The van der Waals surface area contributed by atoms with Crippen LogP contribution in [0, 0.1) is 0 Å². The summed E-state index contributed by atoms with van der Waals surface area (Å²) < 4.78 is 34.7. The van der Waals surface area contributed by atoms with Crippen molar-refractivity contribution in [3.63, 3.8) is 0 Å². The van der Waals surface area contributed by atoms with Crippen LogP contribution in [-0.2, 0) is 4.74 Å². The van der Waals surface area contributed by atoms with Gasteiger partial charge in [-0.3, -0.25) is 0 Å². The maximum absolute atomic E-state index is 12.2. The summed E-state index contributed by atoms with van der Waals surface area (Å²) >= 11 is 0. The highest BCUT2D eigenvalue weighted by molar-refractivity contribution is 5.89. The summed E-state index contributed by atoms with van der Waals surface area (Å²) in [7, 11) is 1.27. The molecule has 2 heterocycles. The van der Waals surface area contributed by atoms with Crippen LogP contribution in [0.15, 0.2) is 42.6 Å². The smallest absolute Gasteiger partial charge is 0.387 e. The van der Waals surface area contributed by atoms with Gasteiger partial charge in [-0.05, 0) is 30.3 Å². The molecule has 0 aliphatic rings. The predicted octanol–water partition coefficient (Wildman–Crippen LogP) is 2.78. The van der Waals surface area contributed by atoms with Crippen LogP contribution in [0.1, 0.15) is 10.5 Å². The average molecular weight is 319 g/mol. The fourth-order valence-electron chi connectivity index (χ4n) is 2.12. The Bertz CT molecular complexity index is 847. The molecule has 0 N–H and O–H groups in total. The Labute approximate surface area is 129 Å². The van der Waals surface area contributed by atoms with Gasteiger partial charge in [-0.1, -0.05) is 0 Å². The number of rotatable bonds is 4. The lowest BCUT2D eigenvalue weighted by Crippen LogP contribution is -2.10. The standard InChI is InChI=1S/C15H11F2N3O3/c1-22-14(21)12-8-11(19-13-6-7-18-20(12)13)9-2-4-10(5-3-9)23-15(16)17/h2-8,15H,1H3. The minimum atomic E-state index is -2.88. The monoisotopic (exact) mass is 319 g/mol. The van der Waals surface area contributed by atoms with Crippen molar-refractivity contribution in [2.45, 2.75) is 6.61 Å². The number of carbonyl (C=O) groups excluding carboxylic acids is 1. The largest absolute Gasteiger partial charge is 0.464 e. The van der Waals surface area contributed by atoms with E-state index in [1.807, 2.05) is 0 Å². The zero-order chi connectivity index (χ0) is 16.4. The predicted molar refractivity (Wildman–Crippen MR) is 76.4 cm³/mol. The van der Waals surface area contributed by atoms with Crippen LogP contribution in [0.3, 0.4) is 0 Å². The number of hydrogen-bond acceptors (Lipinski definition) is 5. The van der Waals surface area contributed by atoms with Gasteiger partial charge < -0.3 is 9.47 Å². The lowest BCUT2D eigenvalue weighted by atomic mass is 10.1. The molecule has 0 aliphatic carbocycles. The number of methoxy groups -OCH3 is 1. The van der Waals surface area contributed by atoms with E-state index in [1.54, 1.807) is 18.2 Å². The van der Waals surface area contributed by atoms with Crippen molar-refractivity contribution in [3.8, 4) is 17.0 Å². The van der Waals surface area contributed by atoms with Crippen molar-refractivity contribution in [2.24, 2.45) is 0 Å². The lowest BCUT2D eigenvalue weighted by molar-refractivity contribution is -0.0498. The third-order valence-electron chi connectivity index (χ3n) is 3.13. The van der Waals surface area contributed by atoms with Gasteiger partial charge in [0, 0.05) is 11.6 Å². The molecule has 0 saturated heterocycles. The number of esters is 1. The summed E-state index contributed by atoms with van der Waals surface area (Å²) in [6.07, 6.45) is 1.51. The molecule has 2 aromatic heterocycles. The molecule has 118 valence electrons. The molecule has 0 radical (unpaired) electrons. The van der Waals surface area contributed by atoms with Gasteiger partial charge in [0.15, 0.2) is 11.3 Å². The van der Waals surface area contributed by atoms with Crippen LogP contribution in [0.25, 0.3) is 16.9 Å². The minimum Gasteiger partial charge on any atom is -0.464 e. The molecular weight excluding hydrogens is 308 g/mol. The number of fused-ring (bicyclic) bond motifs is 1. The van der Waals surface area contributed by atoms with Crippen LogP contribution in [-0.4, -0.2) is 34.3 Å². The van der Waals surface area contributed by atoms with E-state index in [4.69, 9.17) is 4.74 Å². The van der Waals surface area contributed by atoms with E-state index in [9.17, 15) is 13.6 Å². The number of ether oxygens (including phenoxy) is 2. The summed E-state index contributed by atoms with van der Waals surface area (Å²) in [6.45, 7) is -2.88. The Morgan fingerprint density at radius 3 is 2.61 bits per heavy atom. The number of alkyl halides is 2. The van der Waals surface area contributed by atoms with E-state index in [2.05, 4.69) is 14.8 Å². The molecule has 0 atom stereocenters. The van der Waals surface area contributed by atoms with Crippen molar-refractivity contribution in [2.75, 3.05) is 7.11 Å². The molecular formula is C15H11F2N3O3. The Morgan fingerprint density at radius 1 is 1.22 bits per heavy atom. The third-order valence-corrected chi connectivity index (χ3v) is 3.13. The Morgan fingerprint density at radius 2 is 1.96 bits per heavy atom. The average Bonchev–Trinajstić information content (AvgIpc) is 3.01. The van der Waals surface area contributed by atoms with E-state index < -0.39 is 12.6 Å². The van der Waals surface area contributed by atoms with Crippen LogP contribution < -0.4 is 4.74 Å². The highest BCUT2D eigenvalue weighted by Crippen LogP contribution is 2.23. The zero-order valence-corrected chi connectivity index (χ0v) is 11.9. The Balaban J connectivity index is 2.04. The summed E-state index contributed by atoms with van der Waals surface area (Å²) in [5.41, 5.74) is 1.81. The molecule has 0 saturated carbocycles. The molecule has 0 spiro atoms. The second-order valence-corrected chi connectivity index (χ2v) is 4.52. The molecule has 0 fully saturated rings. The van der Waals surface area contributed by atoms with E-state index in [1.165, 1.54) is 36.0 Å². The van der Waals surface area contributed by atoms with Crippen LogP contribution in [0.2, 0.25) is 0 Å². The molecule has 0 unspecified atom stereocenters. The number of aromatic nitrogens is 3. The lowest BCUT2D eigenvalue weighted by Gasteiger charge is -2.08. The first-order valence-electron chi connectivity index (χ1n) is 6.57. The first-order valence-corrected chi connectivity index (χ1v) is 6.57. The van der Waals surface area contributed by atoms with Crippen molar-refractivity contribution in [1.29, 1.82) is 0 Å². The quantitative estimate of drug-likeness (QED) is 0.692. The van der Waals surface area contributed by atoms with Gasteiger partial charge in [0.25, 0.3) is 0 Å². The van der Waals surface area contributed by atoms with Crippen molar-refractivity contribution in [3.05, 3.63) is 48.3 Å². The fourth-order valence-corrected chi connectivity index (χ4v) is 2.12. The highest BCUT2D eigenvalue weighted by Gasteiger charge is 2.15. The molecule has 8 heteroatoms. The van der Waals surface area contributed by atoms with Crippen LogP contribution in [0.5, 0.6) is 5.75 Å². The second-order valence-electron chi connectivity index (χ2n) is 4.52. The fraction of sp³-hybridized carbons (Fsp3) is 0.133. The van der Waals surface area contributed by atoms with Gasteiger partial charge in [0.2, 0.25) is 0 Å². The van der Waals surface area contributed by atoms with Crippen molar-refractivity contribution < 1.29 is 23.0 Å². The molecule has 3 aromatic rings. The normalized spacial score (nSPS) is 11.0. The number of nitrogens with zero attached hydrogens (tertiary/aromatic N) is 3. The molecule has 6 nitrogen and oxygen atoms in total. The highest BCUT2D eigenvalue weighted by atomic mass is 19.3. The van der Waals surface area contributed by atoms with Gasteiger partial charge in [-0.2, -0.15) is 13.9 Å². The van der Waals surface area contributed by atoms with E-state index >= 15 is 0 Å². The van der Waals surface area contributed by atoms with Crippen molar-refractivity contribution in [1.82, 2.24) is 14.6 Å². The van der Waals surface area contributed by atoms with Gasteiger partial charge in [-0.25, -0.2) is 14.3 Å². The van der Waals surface area contributed by atoms with Crippen molar-refractivity contribution >= 4 is 11.6 Å². The van der Waals surface area contributed by atoms with Crippen LogP contribution >= 0.6 is 0 Å². The topological polar surface area (TPSA) is 65.7 Å². The van der Waals surface area contributed by atoms with Gasteiger partial charge in [0.1, 0.15) is 5.75 Å².